The summed E-state index contributed by atoms with van der Waals surface area (Å²) in [7, 11) is 0. The summed E-state index contributed by atoms with van der Waals surface area (Å²) in [6, 6.07) is 11.6. The fourth-order valence-corrected chi connectivity index (χ4v) is 3.27. The molecule has 0 spiro atoms. The molecule has 138 valence electrons. The SMILES string of the molecule is Cc1ccc2nc(CNC(=O)CCCc3nc4ccc(Cl)cc4[nH]3)[nH]c2c1. The molecule has 0 radical (unpaired) electrons. The number of amides is 1. The zero-order valence-electron chi connectivity index (χ0n) is 15.0. The number of hydrogen-bond donors (Lipinski definition) is 3. The summed E-state index contributed by atoms with van der Waals surface area (Å²) >= 11 is 5.98. The van der Waals surface area contributed by atoms with Gasteiger partial charge in [-0.3, -0.25) is 4.79 Å². The Balaban J connectivity index is 1.27. The molecule has 2 aromatic carbocycles. The summed E-state index contributed by atoms with van der Waals surface area (Å²) in [5.41, 5.74) is 4.88. The van der Waals surface area contributed by atoms with Gasteiger partial charge in [-0.1, -0.05) is 17.7 Å². The molecule has 0 aliphatic heterocycles. The number of rotatable bonds is 6. The fraction of sp³-hybridized carbons (Fsp3) is 0.250. The van der Waals surface area contributed by atoms with Crippen LogP contribution < -0.4 is 5.32 Å². The van der Waals surface area contributed by atoms with Crippen molar-refractivity contribution in [3.05, 3.63) is 58.6 Å². The highest BCUT2D eigenvalue weighted by molar-refractivity contribution is 6.31. The van der Waals surface area contributed by atoms with Crippen molar-refractivity contribution in [3.8, 4) is 0 Å². The molecule has 0 saturated heterocycles. The molecule has 0 fully saturated rings. The number of halogens is 1. The summed E-state index contributed by atoms with van der Waals surface area (Å²) in [5.74, 6) is 1.64. The zero-order valence-corrected chi connectivity index (χ0v) is 15.7. The molecule has 0 aliphatic carbocycles. The van der Waals surface area contributed by atoms with E-state index < -0.39 is 0 Å². The van der Waals surface area contributed by atoms with Crippen molar-refractivity contribution in [3.63, 3.8) is 0 Å². The Hall–Kier alpha value is -2.86. The predicted octanol–water partition coefficient (Wildman–Crippen LogP) is 4.04. The van der Waals surface area contributed by atoms with Gasteiger partial charge in [-0.15, -0.1) is 0 Å². The van der Waals surface area contributed by atoms with Gasteiger partial charge in [0.05, 0.1) is 28.6 Å². The smallest absolute Gasteiger partial charge is 0.220 e. The van der Waals surface area contributed by atoms with Crippen molar-refractivity contribution in [1.29, 1.82) is 0 Å². The Morgan fingerprint density at radius 1 is 1.04 bits per heavy atom. The molecule has 2 heterocycles. The van der Waals surface area contributed by atoms with Crippen LogP contribution in [0, 0.1) is 6.92 Å². The summed E-state index contributed by atoms with van der Waals surface area (Å²) in [6.45, 7) is 2.44. The number of fused-ring (bicyclic) bond motifs is 2. The molecule has 0 atom stereocenters. The number of aromatic amines is 2. The van der Waals surface area contributed by atoms with Crippen LogP contribution in [0.3, 0.4) is 0 Å². The minimum absolute atomic E-state index is 0.00536. The van der Waals surface area contributed by atoms with Gasteiger partial charge in [0, 0.05) is 17.9 Å². The molecule has 6 nitrogen and oxygen atoms in total. The van der Waals surface area contributed by atoms with Crippen LogP contribution in [0.15, 0.2) is 36.4 Å². The molecule has 3 N–H and O–H groups in total. The Bertz CT molecular complexity index is 1110. The Morgan fingerprint density at radius 3 is 2.59 bits per heavy atom. The van der Waals surface area contributed by atoms with Gasteiger partial charge >= 0.3 is 0 Å². The van der Waals surface area contributed by atoms with E-state index in [9.17, 15) is 4.79 Å². The number of carbonyl (C=O) groups is 1. The van der Waals surface area contributed by atoms with Crippen LogP contribution in [0.2, 0.25) is 5.02 Å². The molecule has 27 heavy (non-hydrogen) atoms. The van der Waals surface area contributed by atoms with Gasteiger partial charge < -0.3 is 15.3 Å². The van der Waals surface area contributed by atoms with Gasteiger partial charge in [0.15, 0.2) is 0 Å². The third-order valence-electron chi connectivity index (χ3n) is 4.45. The molecule has 2 aromatic heterocycles. The average Bonchev–Trinajstić information content (AvgIpc) is 3.22. The van der Waals surface area contributed by atoms with E-state index in [0.717, 1.165) is 40.1 Å². The third-order valence-corrected chi connectivity index (χ3v) is 4.68. The van der Waals surface area contributed by atoms with E-state index >= 15 is 0 Å². The maximum absolute atomic E-state index is 12.1. The van der Waals surface area contributed by atoms with Crippen molar-refractivity contribution >= 4 is 39.6 Å². The van der Waals surface area contributed by atoms with E-state index in [4.69, 9.17) is 11.6 Å². The first kappa shape index (κ1) is 17.5. The lowest BCUT2D eigenvalue weighted by Crippen LogP contribution is -2.23. The average molecular weight is 382 g/mol. The molecule has 0 aliphatic rings. The van der Waals surface area contributed by atoms with E-state index in [1.807, 2.05) is 43.3 Å². The van der Waals surface area contributed by atoms with Crippen molar-refractivity contribution in [1.82, 2.24) is 25.3 Å². The number of aryl methyl sites for hydroxylation is 2. The lowest BCUT2D eigenvalue weighted by atomic mass is 10.2. The number of nitrogens with one attached hydrogen (secondary N) is 3. The van der Waals surface area contributed by atoms with E-state index in [2.05, 4.69) is 25.3 Å². The van der Waals surface area contributed by atoms with E-state index in [1.54, 1.807) is 0 Å². The van der Waals surface area contributed by atoms with Gasteiger partial charge in [0.25, 0.3) is 0 Å². The summed E-state index contributed by atoms with van der Waals surface area (Å²) in [4.78, 5) is 27.6. The second kappa shape index (κ2) is 7.40. The highest BCUT2D eigenvalue weighted by Gasteiger charge is 2.08. The third kappa shape index (κ3) is 4.11. The number of imidazole rings is 2. The lowest BCUT2D eigenvalue weighted by molar-refractivity contribution is -0.121. The highest BCUT2D eigenvalue weighted by Crippen LogP contribution is 2.18. The van der Waals surface area contributed by atoms with Gasteiger partial charge in [-0.2, -0.15) is 0 Å². The fourth-order valence-electron chi connectivity index (χ4n) is 3.10. The summed E-state index contributed by atoms with van der Waals surface area (Å²) in [6.07, 6.45) is 1.87. The van der Waals surface area contributed by atoms with E-state index in [0.29, 0.717) is 24.4 Å². The maximum Gasteiger partial charge on any atom is 0.220 e. The number of benzene rings is 2. The molecule has 1 amide bonds. The van der Waals surface area contributed by atoms with Gasteiger partial charge in [-0.05, 0) is 49.2 Å². The Labute approximate surface area is 161 Å². The monoisotopic (exact) mass is 381 g/mol. The zero-order chi connectivity index (χ0) is 18.8. The quantitative estimate of drug-likeness (QED) is 0.471. The summed E-state index contributed by atoms with van der Waals surface area (Å²) in [5, 5.41) is 3.59. The van der Waals surface area contributed by atoms with Gasteiger partial charge in [-0.25, -0.2) is 9.97 Å². The largest absolute Gasteiger partial charge is 0.349 e. The number of aromatic nitrogens is 4. The maximum atomic E-state index is 12.1. The first-order chi connectivity index (χ1) is 13.1. The Morgan fingerprint density at radius 2 is 1.74 bits per heavy atom. The van der Waals surface area contributed by atoms with Crippen molar-refractivity contribution in [2.24, 2.45) is 0 Å². The molecule has 0 saturated carbocycles. The molecule has 7 heteroatoms. The van der Waals surface area contributed by atoms with Crippen LogP contribution in [0.1, 0.15) is 30.1 Å². The van der Waals surface area contributed by atoms with Crippen LogP contribution in [0.5, 0.6) is 0 Å². The minimum atomic E-state index is 0.00536. The summed E-state index contributed by atoms with van der Waals surface area (Å²) < 4.78 is 0. The number of carbonyl (C=O) groups excluding carboxylic acids is 1. The topological polar surface area (TPSA) is 86.5 Å². The molecule has 4 aromatic rings. The van der Waals surface area contributed by atoms with Crippen LogP contribution in [-0.2, 0) is 17.8 Å². The Kier molecular flexibility index (Phi) is 4.81. The molecule has 4 rings (SSSR count). The van der Waals surface area contributed by atoms with Crippen LogP contribution in [0.4, 0.5) is 0 Å². The second-order valence-corrected chi connectivity index (χ2v) is 7.12. The number of H-pyrrole nitrogens is 2. The van der Waals surface area contributed by atoms with E-state index in [1.165, 1.54) is 5.56 Å². The number of hydrogen-bond acceptors (Lipinski definition) is 3. The first-order valence-electron chi connectivity index (χ1n) is 8.93. The molecular weight excluding hydrogens is 362 g/mol. The second-order valence-electron chi connectivity index (χ2n) is 6.68. The van der Waals surface area contributed by atoms with E-state index in [-0.39, 0.29) is 5.91 Å². The van der Waals surface area contributed by atoms with Crippen molar-refractivity contribution in [2.75, 3.05) is 0 Å². The normalized spacial score (nSPS) is 11.3. The number of nitrogens with zero attached hydrogens (tertiary/aromatic N) is 2. The van der Waals surface area contributed by atoms with Gasteiger partial charge in [0.1, 0.15) is 11.6 Å². The molecule has 0 unspecified atom stereocenters. The molecule has 0 bridgehead atoms. The van der Waals surface area contributed by atoms with Crippen molar-refractivity contribution < 1.29 is 4.79 Å². The predicted molar refractivity (Wildman–Crippen MR) is 107 cm³/mol. The molecular formula is C20H20ClN5O. The highest BCUT2D eigenvalue weighted by atomic mass is 35.5. The minimum Gasteiger partial charge on any atom is -0.349 e. The van der Waals surface area contributed by atoms with Crippen LogP contribution in [-0.4, -0.2) is 25.8 Å². The van der Waals surface area contributed by atoms with Gasteiger partial charge in [0.2, 0.25) is 5.91 Å². The van der Waals surface area contributed by atoms with Crippen LogP contribution in [0.25, 0.3) is 22.1 Å². The first-order valence-corrected chi connectivity index (χ1v) is 9.31. The lowest BCUT2D eigenvalue weighted by Gasteiger charge is -2.02. The standard InChI is InChI=1S/C20H20ClN5O/c1-12-5-7-14-16(9-12)26-19(24-14)11-22-20(27)4-2-3-18-23-15-8-6-13(21)10-17(15)25-18/h5-10H,2-4,11H2,1H3,(H,22,27)(H,23,25)(H,24,26). The van der Waals surface area contributed by atoms with Crippen LogP contribution >= 0.6 is 11.6 Å². The van der Waals surface area contributed by atoms with Crippen molar-refractivity contribution in [2.45, 2.75) is 32.7 Å².